The minimum absolute atomic E-state index is 0.0610. The van der Waals surface area contributed by atoms with Crippen LogP contribution < -0.4 is 0 Å². The predicted molar refractivity (Wildman–Crippen MR) is 183 cm³/mol. The molecule has 6 rings (SSSR count). The Hall–Kier alpha value is -4.72. The van der Waals surface area contributed by atoms with Gasteiger partial charge in [-0.05, 0) is 49.2 Å². The minimum Gasteiger partial charge on any atom is -0.465 e. The maximum atomic E-state index is 12.8. The molecule has 236 valence electrons. The first-order valence-corrected chi connectivity index (χ1v) is 16.1. The highest BCUT2D eigenvalue weighted by Gasteiger charge is 2.40. The van der Waals surface area contributed by atoms with E-state index in [1.54, 1.807) is 4.90 Å². The molecule has 1 fully saturated rings. The van der Waals surface area contributed by atoms with Gasteiger partial charge < -0.3 is 14.6 Å². The third-order valence-electron chi connectivity index (χ3n) is 9.05. The van der Waals surface area contributed by atoms with E-state index >= 15 is 0 Å². The van der Waals surface area contributed by atoms with E-state index < -0.39 is 11.6 Å². The Bertz CT molecular complexity index is 1590. The Morgan fingerprint density at radius 1 is 0.761 bits per heavy atom. The summed E-state index contributed by atoms with van der Waals surface area (Å²) in [7, 11) is 4.08. The number of carboxylic acid groups (broad SMARTS) is 1. The van der Waals surface area contributed by atoms with Gasteiger partial charge in [-0.15, -0.1) is 0 Å². The molecule has 1 N–H and O–H groups in total. The van der Waals surface area contributed by atoms with E-state index in [0.717, 1.165) is 60.7 Å². The second-order valence-electron chi connectivity index (χ2n) is 12.5. The number of hydrogen-bond donors (Lipinski definition) is 1. The maximum absolute atomic E-state index is 12.8. The highest BCUT2D eigenvalue weighted by Crippen LogP contribution is 2.42. The van der Waals surface area contributed by atoms with Crippen molar-refractivity contribution in [2.45, 2.75) is 44.1 Å². The summed E-state index contributed by atoms with van der Waals surface area (Å²) in [5.74, 6) is 0.875. The van der Waals surface area contributed by atoms with Gasteiger partial charge in [0.1, 0.15) is 11.4 Å². The van der Waals surface area contributed by atoms with Crippen LogP contribution >= 0.6 is 0 Å². The van der Waals surface area contributed by atoms with Crippen LogP contribution in [0, 0.1) is 0 Å². The second-order valence-corrected chi connectivity index (χ2v) is 12.5. The normalized spacial score (nSPS) is 14.4. The largest absolute Gasteiger partial charge is 0.465 e. The van der Waals surface area contributed by atoms with Crippen molar-refractivity contribution in [1.82, 2.24) is 24.3 Å². The number of amides is 1. The van der Waals surface area contributed by atoms with Gasteiger partial charge >= 0.3 is 6.09 Å². The molecule has 4 aromatic carbocycles. The van der Waals surface area contributed by atoms with Crippen molar-refractivity contribution in [3.63, 3.8) is 0 Å². The molecule has 0 spiro atoms. The van der Waals surface area contributed by atoms with Crippen molar-refractivity contribution in [2.75, 3.05) is 27.2 Å². The summed E-state index contributed by atoms with van der Waals surface area (Å²) in [5.41, 5.74) is 4.63. The van der Waals surface area contributed by atoms with Crippen molar-refractivity contribution < 1.29 is 9.90 Å². The fourth-order valence-corrected chi connectivity index (χ4v) is 6.95. The van der Waals surface area contributed by atoms with Crippen molar-refractivity contribution in [1.29, 1.82) is 0 Å². The molecule has 0 radical (unpaired) electrons. The zero-order valence-corrected chi connectivity index (χ0v) is 26.7. The SMILES string of the molecule is CN(C)Cc1nc(CN(C(=O)O)C2CCN(Cc3ccccc3)CC2)cn1C(c1ccccc1)(c1ccccc1)c1ccccc1. The molecule has 0 aliphatic carbocycles. The van der Waals surface area contributed by atoms with Crippen molar-refractivity contribution in [3.05, 3.63) is 161 Å². The van der Waals surface area contributed by atoms with Crippen LogP contribution in [0.5, 0.6) is 0 Å². The van der Waals surface area contributed by atoms with Gasteiger partial charge in [-0.3, -0.25) is 9.80 Å². The average Bonchev–Trinajstić information content (AvgIpc) is 3.48. The predicted octanol–water partition coefficient (Wildman–Crippen LogP) is 6.93. The number of aromatic nitrogens is 2. The first-order valence-electron chi connectivity index (χ1n) is 16.1. The Kier molecular flexibility index (Phi) is 9.62. The average molecular weight is 614 g/mol. The molecule has 0 unspecified atom stereocenters. The van der Waals surface area contributed by atoms with Gasteiger partial charge in [-0.1, -0.05) is 121 Å². The number of nitrogens with zero attached hydrogens (tertiary/aromatic N) is 5. The molecule has 2 heterocycles. The van der Waals surface area contributed by atoms with Gasteiger partial charge in [0.25, 0.3) is 0 Å². The van der Waals surface area contributed by atoms with E-state index in [0.29, 0.717) is 6.54 Å². The number of carbonyl (C=O) groups is 1. The molecular formula is C39H43N5O2. The molecule has 7 heteroatoms. The van der Waals surface area contributed by atoms with Crippen LogP contribution in [0.2, 0.25) is 0 Å². The summed E-state index contributed by atoms with van der Waals surface area (Å²) in [5, 5.41) is 10.5. The minimum atomic E-state index is -0.898. The van der Waals surface area contributed by atoms with Gasteiger partial charge in [0.2, 0.25) is 0 Å². The molecule has 7 nitrogen and oxygen atoms in total. The molecule has 5 aromatic rings. The molecule has 1 saturated heterocycles. The van der Waals surface area contributed by atoms with Crippen LogP contribution in [-0.2, 0) is 25.2 Å². The van der Waals surface area contributed by atoms with Crippen LogP contribution in [-0.4, -0.2) is 68.7 Å². The fraction of sp³-hybridized carbons (Fsp3) is 0.282. The van der Waals surface area contributed by atoms with Crippen molar-refractivity contribution >= 4 is 6.09 Å². The summed E-state index contributed by atoms with van der Waals surface area (Å²) in [6, 6.07) is 42.1. The highest BCUT2D eigenvalue weighted by atomic mass is 16.4. The number of imidazole rings is 1. The third-order valence-corrected chi connectivity index (χ3v) is 9.05. The lowest BCUT2D eigenvalue weighted by molar-refractivity contribution is 0.0840. The molecule has 1 aliphatic heterocycles. The second kappa shape index (κ2) is 14.1. The van der Waals surface area contributed by atoms with Crippen LogP contribution in [0.4, 0.5) is 4.79 Å². The summed E-state index contributed by atoms with van der Waals surface area (Å²) in [6.45, 7) is 3.45. The Morgan fingerprint density at radius 3 is 1.70 bits per heavy atom. The summed E-state index contributed by atoms with van der Waals surface area (Å²) >= 11 is 0. The maximum Gasteiger partial charge on any atom is 0.407 e. The molecule has 0 atom stereocenters. The summed E-state index contributed by atoms with van der Waals surface area (Å²) in [6.07, 6.45) is 2.79. The van der Waals surface area contributed by atoms with E-state index in [9.17, 15) is 9.90 Å². The number of rotatable bonds is 11. The van der Waals surface area contributed by atoms with Gasteiger partial charge in [0.05, 0.1) is 18.8 Å². The number of benzene rings is 4. The van der Waals surface area contributed by atoms with Crippen LogP contribution in [0.1, 0.15) is 46.6 Å². The van der Waals surface area contributed by atoms with Gasteiger partial charge in [0, 0.05) is 31.9 Å². The zero-order valence-electron chi connectivity index (χ0n) is 26.7. The summed E-state index contributed by atoms with van der Waals surface area (Å²) in [4.78, 5) is 24.1. The standard InChI is InChI=1S/C39H43N5O2/c1-41(2)30-37-40-35(28-43(38(45)46)36-23-25-42(26-24-36)27-31-15-7-3-8-16-31)29-44(37)39(32-17-9-4-10-18-32,33-19-11-5-12-20-33)34-21-13-6-14-22-34/h3-22,29,36H,23-28,30H2,1-2H3,(H,45,46). The number of likely N-dealkylation sites (tertiary alicyclic amines) is 1. The van der Waals surface area contributed by atoms with E-state index in [1.807, 2.05) is 38.4 Å². The van der Waals surface area contributed by atoms with Crippen molar-refractivity contribution in [3.8, 4) is 0 Å². The summed E-state index contributed by atoms with van der Waals surface area (Å²) < 4.78 is 2.28. The topological polar surface area (TPSA) is 64.8 Å². The molecule has 1 amide bonds. The third kappa shape index (κ3) is 6.62. The van der Waals surface area contributed by atoms with E-state index in [1.165, 1.54) is 5.56 Å². The lowest BCUT2D eigenvalue weighted by Gasteiger charge is -2.39. The molecule has 46 heavy (non-hydrogen) atoms. The smallest absolute Gasteiger partial charge is 0.407 e. The lowest BCUT2D eigenvalue weighted by Crippen LogP contribution is -2.46. The van der Waals surface area contributed by atoms with Crippen LogP contribution in [0.15, 0.2) is 128 Å². The number of piperidine rings is 1. The van der Waals surface area contributed by atoms with Gasteiger partial charge in [-0.25, -0.2) is 9.78 Å². The Morgan fingerprint density at radius 2 is 1.24 bits per heavy atom. The first-order chi connectivity index (χ1) is 22.4. The zero-order chi connectivity index (χ0) is 31.9. The van der Waals surface area contributed by atoms with E-state index in [2.05, 4.69) is 118 Å². The Labute approximate surface area is 272 Å². The molecule has 0 saturated carbocycles. The van der Waals surface area contributed by atoms with E-state index in [-0.39, 0.29) is 12.6 Å². The number of hydrogen-bond acceptors (Lipinski definition) is 4. The Balaban J connectivity index is 1.38. The molecule has 1 aromatic heterocycles. The van der Waals surface area contributed by atoms with E-state index in [4.69, 9.17) is 4.98 Å². The quantitative estimate of drug-likeness (QED) is 0.164. The lowest BCUT2D eigenvalue weighted by atomic mass is 9.76. The molecular weight excluding hydrogens is 570 g/mol. The fourth-order valence-electron chi connectivity index (χ4n) is 6.95. The monoisotopic (exact) mass is 613 g/mol. The molecule has 0 bridgehead atoms. The van der Waals surface area contributed by atoms with Crippen molar-refractivity contribution in [2.24, 2.45) is 0 Å². The van der Waals surface area contributed by atoms with Crippen LogP contribution in [0.3, 0.4) is 0 Å². The molecule has 1 aliphatic rings. The highest BCUT2D eigenvalue weighted by molar-refractivity contribution is 5.65. The van der Waals surface area contributed by atoms with Crippen LogP contribution in [0.25, 0.3) is 0 Å². The first kappa shape index (κ1) is 31.3. The van der Waals surface area contributed by atoms with Gasteiger partial charge in [-0.2, -0.15) is 0 Å². The van der Waals surface area contributed by atoms with Gasteiger partial charge in [0.15, 0.2) is 0 Å².